The van der Waals surface area contributed by atoms with Crippen molar-refractivity contribution in [2.24, 2.45) is 11.3 Å². The van der Waals surface area contributed by atoms with Crippen molar-refractivity contribution in [2.45, 2.75) is 46.6 Å². The second-order valence-electron chi connectivity index (χ2n) is 6.89. The van der Waals surface area contributed by atoms with Gasteiger partial charge in [-0.25, -0.2) is 0 Å². The van der Waals surface area contributed by atoms with Crippen molar-refractivity contribution in [3.8, 4) is 0 Å². The van der Waals surface area contributed by atoms with E-state index in [4.69, 9.17) is 4.74 Å². The van der Waals surface area contributed by atoms with Gasteiger partial charge in [0.25, 0.3) is 0 Å². The van der Waals surface area contributed by atoms with Gasteiger partial charge in [0.2, 0.25) is 0 Å². The van der Waals surface area contributed by atoms with E-state index in [1.54, 1.807) is 0 Å². The zero-order valence-electron chi connectivity index (χ0n) is 13.4. The number of carbonyl (C=O) groups is 1. The van der Waals surface area contributed by atoms with Gasteiger partial charge in [0.15, 0.2) is 0 Å². The van der Waals surface area contributed by atoms with Gasteiger partial charge in [-0.1, -0.05) is 20.8 Å². The lowest BCUT2D eigenvalue weighted by atomic mass is 9.80. The first-order chi connectivity index (χ1) is 8.73. The Balaban J connectivity index is 2.61. The Kier molecular flexibility index (Phi) is 5.39. The molecule has 0 amide bonds. The summed E-state index contributed by atoms with van der Waals surface area (Å²) in [6.45, 7) is 13.9. The molecule has 1 N–H and O–H groups in total. The Bertz CT molecular complexity index is 312. The summed E-state index contributed by atoms with van der Waals surface area (Å²) in [5, 5.41) is 3.13. The van der Waals surface area contributed by atoms with Gasteiger partial charge in [-0.3, -0.25) is 4.79 Å². The van der Waals surface area contributed by atoms with Gasteiger partial charge in [-0.2, -0.15) is 0 Å². The molecular weight excluding hydrogens is 240 g/mol. The summed E-state index contributed by atoms with van der Waals surface area (Å²) in [5.41, 5.74) is -0.266. The molecule has 0 radical (unpaired) electrons. The fourth-order valence-electron chi connectivity index (χ4n) is 2.67. The van der Waals surface area contributed by atoms with E-state index in [1.165, 1.54) is 6.42 Å². The summed E-state index contributed by atoms with van der Waals surface area (Å²) < 4.78 is 5.17. The van der Waals surface area contributed by atoms with Crippen molar-refractivity contribution in [1.29, 1.82) is 0 Å². The highest BCUT2D eigenvalue weighted by atomic mass is 16.5. The Morgan fingerprint density at radius 3 is 2.42 bits per heavy atom. The van der Waals surface area contributed by atoms with E-state index < -0.39 is 5.54 Å². The maximum atomic E-state index is 12.1. The van der Waals surface area contributed by atoms with Crippen molar-refractivity contribution in [1.82, 2.24) is 10.2 Å². The van der Waals surface area contributed by atoms with Crippen LogP contribution in [0.25, 0.3) is 0 Å². The first-order valence-corrected chi connectivity index (χ1v) is 7.31. The van der Waals surface area contributed by atoms with Gasteiger partial charge < -0.3 is 15.0 Å². The third-order valence-corrected chi connectivity index (χ3v) is 4.31. The fraction of sp³-hybridized carbons (Fsp3) is 0.933. The van der Waals surface area contributed by atoms with Crippen LogP contribution in [0.4, 0.5) is 0 Å². The van der Waals surface area contributed by atoms with E-state index in [0.29, 0.717) is 17.9 Å². The van der Waals surface area contributed by atoms with Gasteiger partial charge in [0.1, 0.15) is 5.54 Å². The molecule has 112 valence electrons. The lowest BCUT2D eigenvalue weighted by molar-refractivity contribution is -0.151. The third kappa shape index (κ3) is 4.18. The molecule has 1 rings (SSSR count). The summed E-state index contributed by atoms with van der Waals surface area (Å²) in [7, 11) is 1.83. The van der Waals surface area contributed by atoms with Crippen LogP contribution in [0.15, 0.2) is 0 Å². The summed E-state index contributed by atoms with van der Waals surface area (Å²) in [6, 6.07) is 0. The van der Waals surface area contributed by atoms with Crippen LogP contribution in [-0.4, -0.2) is 49.7 Å². The standard InChI is InChI=1S/C15H30N2O2/c1-7-19-13(18)15(5,16-6)11-17-9-8-12(10-17)14(2,3)4/h12,16H,7-11H2,1-6H3. The number of hydrogen-bond acceptors (Lipinski definition) is 4. The predicted octanol–water partition coefficient (Wildman–Crippen LogP) is 1.90. The lowest BCUT2D eigenvalue weighted by Crippen LogP contribution is -2.56. The first kappa shape index (κ1) is 16.4. The monoisotopic (exact) mass is 270 g/mol. The van der Waals surface area contributed by atoms with Crippen LogP contribution in [0.1, 0.15) is 41.0 Å². The topological polar surface area (TPSA) is 41.6 Å². The minimum absolute atomic E-state index is 0.156. The minimum Gasteiger partial charge on any atom is -0.465 e. The van der Waals surface area contributed by atoms with Crippen LogP contribution in [0.3, 0.4) is 0 Å². The van der Waals surface area contributed by atoms with Crippen molar-refractivity contribution < 1.29 is 9.53 Å². The molecule has 1 aliphatic rings. The number of hydrogen-bond donors (Lipinski definition) is 1. The van der Waals surface area contributed by atoms with E-state index in [-0.39, 0.29) is 5.97 Å². The summed E-state index contributed by atoms with van der Waals surface area (Å²) in [5.74, 6) is 0.549. The van der Waals surface area contributed by atoms with Gasteiger partial charge in [0, 0.05) is 13.1 Å². The maximum absolute atomic E-state index is 12.1. The summed E-state index contributed by atoms with van der Waals surface area (Å²) in [4.78, 5) is 14.4. The molecule has 0 spiro atoms. The Morgan fingerprint density at radius 1 is 1.37 bits per heavy atom. The van der Waals surface area contributed by atoms with Crippen LogP contribution in [-0.2, 0) is 9.53 Å². The highest BCUT2D eigenvalue weighted by Crippen LogP contribution is 2.34. The van der Waals surface area contributed by atoms with Gasteiger partial charge in [-0.15, -0.1) is 0 Å². The molecule has 2 atom stereocenters. The molecule has 2 unspecified atom stereocenters. The van der Waals surface area contributed by atoms with Crippen LogP contribution in [0, 0.1) is 11.3 Å². The zero-order valence-corrected chi connectivity index (χ0v) is 13.4. The maximum Gasteiger partial charge on any atom is 0.327 e. The first-order valence-electron chi connectivity index (χ1n) is 7.31. The van der Waals surface area contributed by atoms with E-state index in [2.05, 4.69) is 31.0 Å². The van der Waals surface area contributed by atoms with Gasteiger partial charge >= 0.3 is 5.97 Å². The zero-order chi connectivity index (χ0) is 14.7. The van der Waals surface area contributed by atoms with Crippen molar-refractivity contribution in [3.05, 3.63) is 0 Å². The average molecular weight is 270 g/mol. The number of esters is 1. The van der Waals surface area contributed by atoms with Crippen molar-refractivity contribution in [2.75, 3.05) is 33.3 Å². The normalized spacial score (nSPS) is 24.2. The predicted molar refractivity (Wildman–Crippen MR) is 78.1 cm³/mol. The molecule has 4 heteroatoms. The van der Waals surface area contributed by atoms with E-state index in [0.717, 1.165) is 19.6 Å². The van der Waals surface area contributed by atoms with Crippen molar-refractivity contribution in [3.63, 3.8) is 0 Å². The van der Waals surface area contributed by atoms with Gasteiger partial charge in [-0.05, 0) is 45.2 Å². The Morgan fingerprint density at radius 2 is 2.00 bits per heavy atom. The molecule has 4 nitrogen and oxygen atoms in total. The number of ether oxygens (including phenoxy) is 1. The number of nitrogens with zero attached hydrogens (tertiary/aromatic N) is 1. The summed E-state index contributed by atoms with van der Waals surface area (Å²) >= 11 is 0. The molecule has 1 heterocycles. The number of likely N-dealkylation sites (tertiary alicyclic amines) is 1. The van der Waals surface area contributed by atoms with Crippen molar-refractivity contribution >= 4 is 5.97 Å². The molecule has 0 aromatic rings. The Labute approximate surface area is 117 Å². The SMILES string of the molecule is CCOC(=O)C(C)(CN1CCC(C(C)(C)C)C1)NC. The lowest BCUT2D eigenvalue weighted by Gasteiger charge is -2.32. The molecular formula is C15H30N2O2. The molecule has 0 aliphatic carbocycles. The van der Waals surface area contributed by atoms with Crippen LogP contribution < -0.4 is 5.32 Å². The van der Waals surface area contributed by atoms with E-state index in [1.807, 2.05) is 20.9 Å². The number of nitrogens with one attached hydrogen (secondary N) is 1. The second-order valence-corrected chi connectivity index (χ2v) is 6.89. The highest BCUT2D eigenvalue weighted by molar-refractivity contribution is 5.80. The van der Waals surface area contributed by atoms with Gasteiger partial charge in [0.05, 0.1) is 6.61 Å². The molecule has 0 bridgehead atoms. The largest absolute Gasteiger partial charge is 0.465 e. The highest BCUT2D eigenvalue weighted by Gasteiger charge is 2.39. The van der Waals surface area contributed by atoms with E-state index >= 15 is 0 Å². The fourth-order valence-corrected chi connectivity index (χ4v) is 2.67. The second kappa shape index (κ2) is 6.23. The van der Waals surface area contributed by atoms with Crippen LogP contribution in [0.2, 0.25) is 0 Å². The molecule has 1 aliphatic heterocycles. The van der Waals surface area contributed by atoms with E-state index in [9.17, 15) is 4.79 Å². The number of carbonyl (C=O) groups excluding carboxylic acids is 1. The number of likely N-dealkylation sites (N-methyl/N-ethyl adjacent to an activating group) is 1. The molecule has 0 aromatic heterocycles. The molecule has 0 aromatic carbocycles. The molecule has 1 saturated heterocycles. The average Bonchev–Trinajstić information content (AvgIpc) is 2.77. The molecule has 19 heavy (non-hydrogen) atoms. The minimum atomic E-state index is -0.608. The molecule has 1 fully saturated rings. The summed E-state index contributed by atoms with van der Waals surface area (Å²) in [6.07, 6.45) is 1.21. The smallest absolute Gasteiger partial charge is 0.327 e. The Hall–Kier alpha value is -0.610. The molecule has 0 saturated carbocycles. The number of rotatable bonds is 5. The third-order valence-electron chi connectivity index (χ3n) is 4.31. The van der Waals surface area contributed by atoms with Crippen LogP contribution >= 0.6 is 0 Å². The van der Waals surface area contributed by atoms with Crippen LogP contribution in [0.5, 0.6) is 0 Å². The quantitative estimate of drug-likeness (QED) is 0.775.